The third-order valence-corrected chi connectivity index (χ3v) is 4.09. The number of carbonyl (C=O) groups excluding carboxylic acids is 1. The molecule has 0 fully saturated rings. The monoisotopic (exact) mass is 304 g/mol. The lowest BCUT2D eigenvalue weighted by Gasteiger charge is -2.04. The Morgan fingerprint density at radius 3 is 2.67 bits per heavy atom. The average molecular weight is 304 g/mol. The zero-order chi connectivity index (χ0) is 15.2. The molecule has 0 aliphatic rings. The van der Waals surface area contributed by atoms with Gasteiger partial charge in [0.1, 0.15) is 0 Å². The number of rotatable bonds is 6. The van der Waals surface area contributed by atoms with Crippen LogP contribution in [0.5, 0.6) is 0 Å². The number of aromatic nitrogens is 1. The summed E-state index contributed by atoms with van der Waals surface area (Å²) in [5.74, 6) is -0.397. The lowest BCUT2D eigenvalue weighted by atomic mass is 10.1. The first-order valence-corrected chi connectivity index (χ1v) is 7.87. The lowest BCUT2D eigenvalue weighted by Crippen LogP contribution is -2.03. The zero-order valence-corrected chi connectivity index (χ0v) is 13.4. The molecule has 0 saturated heterocycles. The van der Waals surface area contributed by atoms with Gasteiger partial charge >= 0.3 is 5.97 Å². The molecule has 0 amide bonds. The fraction of sp³-hybridized carbons (Fsp3) is 0.375. The van der Waals surface area contributed by atoms with Gasteiger partial charge in [0.15, 0.2) is 10.8 Å². The summed E-state index contributed by atoms with van der Waals surface area (Å²) in [6.07, 6.45) is 3.52. The van der Waals surface area contributed by atoms with Gasteiger partial charge in [-0.05, 0) is 37.5 Å². The standard InChI is InChI=1S/C16H20N2O2S/c1-4-5-6-12-7-9-13(10-8-12)17-16-18-14(11(2)21-16)15(19)20-3/h7-10H,4-6H2,1-3H3,(H,17,18). The molecule has 21 heavy (non-hydrogen) atoms. The number of carbonyl (C=O) groups is 1. The predicted molar refractivity (Wildman–Crippen MR) is 86.5 cm³/mol. The van der Waals surface area contributed by atoms with Crippen molar-refractivity contribution in [1.29, 1.82) is 0 Å². The Kier molecular flexibility index (Phi) is 5.33. The van der Waals surface area contributed by atoms with E-state index < -0.39 is 5.97 Å². The molecule has 0 unspecified atom stereocenters. The van der Waals surface area contributed by atoms with Crippen LogP contribution in [0.25, 0.3) is 0 Å². The maximum absolute atomic E-state index is 11.5. The number of nitrogens with zero attached hydrogens (tertiary/aromatic N) is 1. The molecule has 0 aliphatic carbocycles. The van der Waals surface area contributed by atoms with Gasteiger partial charge in [0, 0.05) is 10.6 Å². The number of ether oxygens (including phenoxy) is 1. The quantitative estimate of drug-likeness (QED) is 0.807. The second-order valence-electron chi connectivity index (χ2n) is 4.84. The number of thiazole rings is 1. The molecular formula is C16H20N2O2S. The Hall–Kier alpha value is -1.88. The van der Waals surface area contributed by atoms with E-state index in [1.54, 1.807) is 0 Å². The maximum atomic E-state index is 11.5. The third kappa shape index (κ3) is 4.04. The molecule has 1 heterocycles. The number of esters is 1. The van der Waals surface area contributed by atoms with Gasteiger partial charge in [0.25, 0.3) is 0 Å². The summed E-state index contributed by atoms with van der Waals surface area (Å²) in [6.45, 7) is 4.06. The molecular weight excluding hydrogens is 284 g/mol. The fourth-order valence-electron chi connectivity index (χ4n) is 2.00. The Balaban J connectivity index is 2.06. The molecule has 112 valence electrons. The topological polar surface area (TPSA) is 51.2 Å². The van der Waals surface area contributed by atoms with Crippen LogP contribution < -0.4 is 5.32 Å². The van der Waals surface area contributed by atoms with Crippen LogP contribution in [-0.4, -0.2) is 18.1 Å². The molecule has 2 aromatic rings. The van der Waals surface area contributed by atoms with Crippen LogP contribution in [0, 0.1) is 6.92 Å². The average Bonchev–Trinajstić information content (AvgIpc) is 2.86. The van der Waals surface area contributed by atoms with Crippen LogP contribution >= 0.6 is 11.3 Å². The van der Waals surface area contributed by atoms with Crippen molar-refractivity contribution >= 4 is 28.1 Å². The highest BCUT2D eigenvalue weighted by Gasteiger charge is 2.15. The maximum Gasteiger partial charge on any atom is 0.357 e. The number of methoxy groups -OCH3 is 1. The number of hydrogen-bond acceptors (Lipinski definition) is 5. The molecule has 0 radical (unpaired) electrons. The molecule has 2 rings (SSSR count). The molecule has 0 aliphatic heterocycles. The van der Waals surface area contributed by atoms with E-state index in [0.29, 0.717) is 10.8 Å². The van der Waals surface area contributed by atoms with Crippen LogP contribution in [-0.2, 0) is 11.2 Å². The molecule has 0 atom stereocenters. The second-order valence-corrected chi connectivity index (χ2v) is 6.04. The first-order chi connectivity index (χ1) is 10.1. The Labute approximate surface area is 129 Å². The van der Waals surface area contributed by atoms with Crippen molar-refractivity contribution in [2.75, 3.05) is 12.4 Å². The van der Waals surface area contributed by atoms with Crippen LogP contribution in [0.2, 0.25) is 0 Å². The number of unbranched alkanes of at least 4 members (excludes halogenated alkanes) is 1. The highest BCUT2D eigenvalue weighted by molar-refractivity contribution is 7.15. The number of hydrogen-bond donors (Lipinski definition) is 1. The number of aryl methyl sites for hydroxylation is 2. The van der Waals surface area contributed by atoms with Crippen molar-refractivity contribution in [3.8, 4) is 0 Å². The van der Waals surface area contributed by atoms with E-state index in [2.05, 4.69) is 29.4 Å². The van der Waals surface area contributed by atoms with E-state index in [0.717, 1.165) is 17.0 Å². The smallest absolute Gasteiger partial charge is 0.357 e. The summed E-state index contributed by atoms with van der Waals surface area (Å²) in [4.78, 5) is 16.7. The van der Waals surface area contributed by atoms with Crippen molar-refractivity contribution in [3.63, 3.8) is 0 Å². The van der Waals surface area contributed by atoms with Gasteiger partial charge < -0.3 is 10.1 Å². The zero-order valence-electron chi connectivity index (χ0n) is 12.6. The van der Waals surface area contributed by atoms with Crippen molar-refractivity contribution in [1.82, 2.24) is 4.98 Å². The van der Waals surface area contributed by atoms with Crippen molar-refractivity contribution in [2.45, 2.75) is 33.1 Å². The van der Waals surface area contributed by atoms with Crippen molar-refractivity contribution in [3.05, 3.63) is 40.4 Å². The molecule has 1 aromatic carbocycles. The minimum Gasteiger partial charge on any atom is -0.464 e. The Morgan fingerprint density at radius 2 is 2.05 bits per heavy atom. The highest BCUT2D eigenvalue weighted by atomic mass is 32.1. The van der Waals surface area contributed by atoms with Gasteiger partial charge in [0.2, 0.25) is 0 Å². The van der Waals surface area contributed by atoms with Crippen LogP contribution in [0.15, 0.2) is 24.3 Å². The lowest BCUT2D eigenvalue weighted by molar-refractivity contribution is 0.0594. The van der Waals surface area contributed by atoms with Gasteiger partial charge in [-0.15, -0.1) is 11.3 Å². The van der Waals surface area contributed by atoms with E-state index in [4.69, 9.17) is 4.74 Å². The van der Waals surface area contributed by atoms with Gasteiger partial charge in [-0.3, -0.25) is 0 Å². The molecule has 5 heteroatoms. The normalized spacial score (nSPS) is 10.4. The molecule has 0 spiro atoms. The Morgan fingerprint density at radius 1 is 1.33 bits per heavy atom. The largest absolute Gasteiger partial charge is 0.464 e. The van der Waals surface area contributed by atoms with E-state index in [-0.39, 0.29) is 0 Å². The van der Waals surface area contributed by atoms with Gasteiger partial charge in [-0.2, -0.15) is 0 Å². The minimum atomic E-state index is -0.397. The third-order valence-electron chi connectivity index (χ3n) is 3.20. The summed E-state index contributed by atoms with van der Waals surface area (Å²) in [6, 6.07) is 8.33. The summed E-state index contributed by atoms with van der Waals surface area (Å²) >= 11 is 1.45. The molecule has 4 nitrogen and oxygen atoms in total. The van der Waals surface area contributed by atoms with E-state index in [1.807, 2.05) is 19.1 Å². The van der Waals surface area contributed by atoms with Gasteiger partial charge in [-0.25, -0.2) is 9.78 Å². The first-order valence-electron chi connectivity index (χ1n) is 7.05. The van der Waals surface area contributed by atoms with E-state index in [9.17, 15) is 4.79 Å². The van der Waals surface area contributed by atoms with Crippen LogP contribution in [0.4, 0.5) is 10.8 Å². The summed E-state index contributed by atoms with van der Waals surface area (Å²) in [5.41, 5.74) is 2.69. The molecule has 0 saturated carbocycles. The van der Waals surface area contributed by atoms with Crippen LogP contribution in [0.1, 0.15) is 40.7 Å². The van der Waals surface area contributed by atoms with Crippen molar-refractivity contribution < 1.29 is 9.53 Å². The number of anilines is 2. The second kappa shape index (κ2) is 7.22. The predicted octanol–water partition coefficient (Wildman–Crippen LogP) is 4.32. The SMILES string of the molecule is CCCCc1ccc(Nc2nc(C(=O)OC)c(C)s2)cc1. The first kappa shape index (κ1) is 15.5. The van der Waals surface area contributed by atoms with Crippen molar-refractivity contribution in [2.24, 2.45) is 0 Å². The van der Waals surface area contributed by atoms with E-state index in [1.165, 1.54) is 36.9 Å². The molecule has 1 N–H and O–H groups in total. The van der Waals surface area contributed by atoms with Gasteiger partial charge in [-0.1, -0.05) is 25.5 Å². The summed E-state index contributed by atoms with van der Waals surface area (Å²) < 4.78 is 4.71. The number of nitrogens with one attached hydrogen (secondary N) is 1. The highest BCUT2D eigenvalue weighted by Crippen LogP contribution is 2.26. The van der Waals surface area contributed by atoms with Gasteiger partial charge in [0.05, 0.1) is 7.11 Å². The summed E-state index contributed by atoms with van der Waals surface area (Å²) in [5, 5.41) is 3.93. The number of benzene rings is 1. The molecule has 1 aromatic heterocycles. The van der Waals surface area contributed by atoms with Crippen LogP contribution in [0.3, 0.4) is 0 Å². The van der Waals surface area contributed by atoms with E-state index >= 15 is 0 Å². The molecule has 0 bridgehead atoms. The fourth-order valence-corrected chi connectivity index (χ4v) is 2.82. The summed E-state index contributed by atoms with van der Waals surface area (Å²) in [7, 11) is 1.36. The Bertz CT molecular complexity index is 605. The minimum absolute atomic E-state index is 0.379.